The minimum absolute atomic E-state index is 0.400. The molecule has 2 N–H and O–H groups in total. The Morgan fingerprint density at radius 2 is 2.20 bits per heavy atom. The zero-order valence-electron chi connectivity index (χ0n) is 11.0. The number of nitrogens with zero attached hydrogens (tertiary/aromatic N) is 4. The molecule has 1 aliphatic rings. The van der Waals surface area contributed by atoms with Gasteiger partial charge in [0.15, 0.2) is 11.5 Å². The van der Waals surface area contributed by atoms with Gasteiger partial charge in [-0.25, -0.2) is 9.38 Å². The van der Waals surface area contributed by atoms with Gasteiger partial charge in [0.25, 0.3) is 0 Å². The predicted octanol–water partition coefficient (Wildman–Crippen LogP) is 1.62. The van der Waals surface area contributed by atoms with E-state index in [2.05, 4.69) is 15.2 Å². The normalized spacial score (nSPS) is 13.4. The highest BCUT2D eigenvalue weighted by molar-refractivity contribution is 5.69. The largest absolute Gasteiger partial charge is 0.493 e. The van der Waals surface area contributed by atoms with Crippen molar-refractivity contribution in [3.05, 3.63) is 35.5 Å². The molecule has 0 bridgehead atoms. The summed E-state index contributed by atoms with van der Waals surface area (Å²) in [6.07, 6.45) is 0.875. The third-order valence-corrected chi connectivity index (χ3v) is 3.53. The lowest BCUT2D eigenvalue weighted by Gasteiger charge is -2.07. The molecule has 2 aromatic heterocycles. The monoisotopic (exact) mass is 267 g/mol. The van der Waals surface area contributed by atoms with Crippen molar-refractivity contribution in [2.75, 3.05) is 12.3 Å². The zero-order valence-corrected chi connectivity index (χ0v) is 11.0. The van der Waals surface area contributed by atoms with Crippen LogP contribution in [0.4, 0.5) is 5.95 Å². The summed E-state index contributed by atoms with van der Waals surface area (Å²) in [4.78, 5) is 4.28. The van der Waals surface area contributed by atoms with Crippen molar-refractivity contribution < 1.29 is 4.74 Å². The number of anilines is 1. The first-order valence-corrected chi connectivity index (χ1v) is 6.47. The number of ether oxygens (including phenoxy) is 1. The summed E-state index contributed by atoms with van der Waals surface area (Å²) in [7, 11) is 0. The van der Waals surface area contributed by atoms with Crippen molar-refractivity contribution in [2.24, 2.45) is 0 Å². The minimum Gasteiger partial charge on any atom is -0.493 e. The first kappa shape index (κ1) is 11.2. The molecule has 20 heavy (non-hydrogen) atoms. The Balaban J connectivity index is 2.02. The Bertz CT molecular complexity index is 824. The highest BCUT2D eigenvalue weighted by Crippen LogP contribution is 2.34. The Hall–Kier alpha value is -2.63. The van der Waals surface area contributed by atoms with Gasteiger partial charge in [0, 0.05) is 29.3 Å². The van der Waals surface area contributed by atoms with Crippen LogP contribution in [0.15, 0.2) is 24.3 Å². The van der Waals surface area contributed by atoms with Gasteiger partial charge in [-0.3, -0.25) is 0 Å². The standard InChI is InChI=1S/C14H13N5O/c1-8-7-12-17-18-13(19(12)14(15)16-8)10-3-2-4-11-9(10)5-6-20-11/h2-4,7H,5-6H2,1H3,(H2,15,16). The molecule has 1 aliphatic heterocycles. The molecule has 0 saturated carbocycles. The molecule has 1 aromatic carbocycles. The molecule has 4 rings (SSSR count). The van der Waals surface area contributed by atoms with Crippen LogP contribution in [0.25, 0.3) is 17.0 Å². The Morgan fingerprint density at radius 3 is 3.10 bits per heavy atom. The summed E-state index contributed by atoms with van der Waals surface area (Å²) < 4.78 is 7.37. The maximum Gasteiger partial charge on any atom is 0.208 e. The molecule has 3 heterocycles. The first-order chi connectivity index (χ1) is 9.74. The SMILES string of the molecule is Cc1cc2nnc(-c3cccc4c3CCO4)n2c(N)n1. The fraction of sp³-hybridized carbons (Fsp3) is 0.214. The highest BCUT2D eigenvalue weighted by atomic mass is 16.5. The van der Waals surface area contributed by atoms with Gasteiger partial charge in [-0.2, -0.15) is 0 Å². The Morgan fingerprint density at radius 1 is 1.30 bits per heavy atom. The second kappa shape index (κ2) is 3.93. The number of fused-ring (bicyclic) bond motifs is 2. The van der Waals surface area contributed by atoms with Crippen molar-refractivity contribution in [3.8, 4) is 17.1 Å². The molecule has 0 saturated heterocycles. The van der Waals surface area contributed by atoms with E-state index in [0.717, 1.165) is 29.0 Å². The minimum atomic E-state index is 0.400. The first-order valence-electron chi connectivity index (χ1n) is 6.47. The fourth-order valence-electron chi connectivity index (χ4n) is 2.67. The van der Waals surface area contributed by atoms with Gasteiger partial charge in [0.05, 0.1) is 6.61 Å². The van der Waals surface area contributed by atoms with E-state index in [1.807, 2.05) is 31.2 Å². The molecule has 0 atom stereocenters. The average molecular weight is 267 g/mol. The molecule has 0 radical (unpaired) electrons. The Labute approximate surface area is 115 Å². The lowest BCUT2D eigenvalue weighted by molar-refractivity contribution is 0.357. The van der Waals surface area contributed by atoms with E-state index in [1.54, 1.807) is 4.40 Å². The number of nitrogens with two attached hydrogens (primary N) is 1. The van der Waals surface area contributed by atoms with Gasteiger partial charge >= 0.3 is 0 Å². The Kier molecular flexibility index (Phi) is 2.20. The van der Waals surface area contributed by atoms with Crippen LogP contribution < -0.4 is 10.5 Å². The molecule has 0 amide bonds. The second-order valence-corrected chi connectivity index (χ2v) is 4.85. The van der Waals surface area contributed by atoms with Crippen molar-refractivity contribution in [2.45, 2.75) is 13.3 Å². The molecular formula is C14H13N5O. The van der Waals surface area contributed by atoms with Crippen LogP contribution >= 0.6 is 0 Å². The molecule has 0 unspecified atom stereocenters. The summed E-state index contributed by atoms with van der Waals surface area (Å²) >= 11 is 0. The van der Waals surface area contributed by atoms with Crippen LogP contribution in [0, 0.1) is 6.92 Å². The maximum absolute atomic E-state index is 6.03. The summed E-state index contributed by atoms with van der Waals surface area (Å²) in [5.41, 5.74) is 9.72. The lowest BCUT2D eigenvalue weighted by atomic mass is 10.0. The molecule has 0 spiro atoms. The molecule has 6 heteroatoms. The van der Waals surface area contributed by atoms with Gasteiger partial charge < -0.3 is 10.5 Å². The van der Waals surface area contributed by atoms with E-state index in [4.69, 9.17) is 10.5 Å². The van der Waals surface area contributed by atoms with Crippen molar-refractivity contribution >= 4 is 11.6 Å². The van der Waals surface area contributed by atoms with E-state index < -0.39 is 0 Å². The van der Waals surface area contributed by atoms with E-state index in [1.165, 1.54) is 0 Å². The number of hydrogen-bond acceptors (Lipinski definition) is 5. The number of aryl methyl sites for hydroxylation is 1. The van der Waals surface area contributed by atoms with E-state index in [0.29, 0.717) is 24.0 Å². The third kappa shape index (κ3) is 1.48. The van der Waals surface area contributed by atoms with Crippen LogP contribution in [-0.2, 0) is 6.42 Å². The summed E-state index contributed by atoms with van der Waals surface area (Å²) in [5.74, 6) is 2.03. The quantitative estimate of drug-likeness (QED) is 0.724. The van der Waals surface area contributed by atoms with Crippen LogP contribution in [-0.4, -0.2) is 26.2 Å². The predicted molar refractivity (Wildman–Crippen MR) is 74.6 cm³/mol. The van der Waals surface area contributed by atoms with Crippen LogP contribution in [0.5, 0.6) is 5.75 Å². The number of hydrogen-bond donors (Lipinski definition) is 1. The fourth-order valence-corrected chi connectivity index (χ4v) is 2.67. The number of aromatic nitrogens is 4. The molecule has 100 valence electrons. The summed E-state index contributed by atoms with van der Waals surface area (Å²) in [6.45, 7) is 2.59. The highest BCUT2D eigenvalue weighted by Gasteiger charge is 2.21. The van der Waals surface area contributed by atoms with Gasteiger partial charge in [0.2, 0.25) is 5.95 Å². The van der Waals surface area contributed by atoms with Crippen molar-refractivity contribution in [1.29, 1.82) is 0 Å². The van der Waals surface area contributed by atoms with Crippen LogP contribution in [0.3, 0.4) is 0 Å². The van der Waals surface area contributed by atoms with Crippen LogP contribution in [0.2, 0.25) is 0 Å². The number of nitrogen functional groups attached to an aromatic ring is 1. The average Bonchev–Trinajstić information content (AvgIpc) is 3.03. The zero-order chi connectivity index (χ0) is 13.7. The molecule has 0 fully saturated rings. The summed E-state index contributed by atoms with van der Waals surface area (Å²) in [5, 5.41) is 8.48. The van der Waals surface area contributed by atoms with E-state index in [-0.39, 0.29) is 0 Å². The molecular weight excluding hydrogens is 254 g/mol. The van der Waals surface area contributed by atoms with Crippen LogP contribution in [0.1, 0.15) is 11.3 Å². The molecule has 6 nitrogen and oxygen atoms in total. The van der Waals surface area contributed by atoms with E-state index in [9.17, 15) is 0 Å². The topological polar surface area (TPSA) is 78.3 Å². The molecule has 3 aromatic rings. The number of rotatable bonds is 1. The smallest absolute Gasteiger partial charge is 0.208 e. The number of benzene rings is 1. The van der Waals surface area contributed by atoms with Gasteiger partial charge in [0.1, 0.15) is 5.75 Å². The van der Waals surface area contributed by atoms with Gasteiger partial charge in [-0.05, 0) is 13.0 Å². The molecule has 0 aliphatic carbocycles. The van der Waals surface area contributed by atoms with E-state index >= 15 is 0 Å². The third-order valence-electron chi connectivity index (χ3n) is 3.53. The van der Waals surface area contributed by atoms with Crippen molar-refractivity contribution in [3.63, 3.8) is 0 Å². The van der Waals surface area contributed by atoms with Gasteiger partial charge in [-0.1, -0.05) is 12.1 Å². The van der Waals surface area contributed by atoms with Gasteiger partial charge in [-0.15, -0.1) is 10.2 Å². The summed E-state index contributed by atoms with van der Waals surface area (Å²) in [6, 6.07) is 7.81. The second-order valence-electron chi connectivity index (χ2n) is 4.85. The lowest BCUT2D eigenvalue weighted by Crippen LogP contribution is -2.03. The van der Waals surface area contributed by atoms with Crippen molar-refractivity contribution in [1.82, 2.24) is 19.6 Å². The maximum atomic E-state index is 6.03.